The van der Waals surface area contributed by atoms with Crippen molar-refractivity contribution in [2.24, 2.45) is 5.92 Å². The number of carboxylic acids is 1. The highest BCUT2D eigenvalue weighted by molar-refractivity contribution is 7.92. The van der Waals surface area contributed by atoms with E-state index in [1.807, 2.05) is 23.2 Å². The summed E-state index contributed by atoms with van der Waals surface area (Å²) >= 11 is 0. The van der Waals surface area contributed by atoms with Crippen LogP contribution in [0.15, 0.2) is 42.6 Å². The Hall–Kier alpha value is -3.84. The third-order valence-electron chi connectivity index (χ3n) is 8.36. The van der Waals surface area contributed by atoms with Crippen LogP contribution in [0, 0.1) is 23.4 Å². The number of benzene rings is 2. The zero-order valence-electron chi connectivity index (χ0n) is 23.5. The molecule has 1 aromatic heterocycles. The lowest BCUT2D eigenvalue weighted by molar-refractivity contribution is -0.147. The number of sulfonamides is 1. The molecule has 0 aliphatic carbocycles. The molecular weight excluding hydrogens is 585 g/mol. The Morgan fingerprint density at radius 3 is 2.28 bits per heavy atom. The maximum absolute atomic E-state index is 13.5. The highest BCUT2D eigenvalue weighted by atomic mass is 32.2. The van der Waals surface area contributed by atoms with Crippen LogP contribution in [0.5, 0.6) is 0 Å². The highest BCUT2D eigenvalue weighted by Crippen LogP contribution is 2.36. The van der Waals surface area contributed by atoms with Crippen LogP contribution in [-0.4, -0.2) is 78.7 Å². The molecule has 0 spiro atoms. The molecule has 1 atom stereocenters. The van der Waals surface area contributed by atoms with Crippen molar-refractivity contribution in [1.29, 1.82) is 0 Å². The number of H-pyrrole nitrogens is 1. The Kier molecular flexibility index (Phi) is 8.84. The van der Waals surface area contributed by atoms with E-state index >= 15 is 0 Å². The Bertz CT molecular complexity index is 1640. The van der Waals surface area contributed by atoms with Gasteiger partial charge in [0, 0.05) is 42.0 Å². The first-order valence-electron chi connectivity index (χ1n) is 14.1. The number of hydrogen-bond acceptors (Lipinski definition) is 5. The number of aromatic amines is 1. The van der Waals surface area contributed by atoms with Gasteiger partial charge in [0.15, 0.2) is 17.5 Å². The van der Waals surface area contributed by atoms with E-state index in [9.17, 15) is 36.3 Å². The van der Waals surface area contributed by atoms with Gasteiger partial charge in [0.2, 0.25) is 15.9 Å². The summed E-state index contributed by atoms with van der Waals surface area (Å²) < 4.78 is 66.0. The van der Waals surface area contributed by atoms with Crippen molar-refractivity contribution in [3.05, 3.63) is 71.2 Å². The lowest BCUT2D eigenvalue weighted by Crippen LogP contribution is -2.52. The summed E-state index contributed by atoms with van der Waals surface area (Å²) in [5, 5.41) is 11.1. The fourth-order valence-electron chi connectivity index (χ4n) is 6.28. The Labute approximate surface area is 247 Å². The first-order valence-corrected chi connectivity index (χ1v) is 16.0. The first-order chi connectivity index (χ1) is 20.4. The van der Waals surface area contributed by atoms with Gasteiger partial charge < -0.3 is 15.0 Å². The van der Waals surface area contributed by atoms with Crippen molar-refractivity contribution in [3.63, 3.8) is 0 Å². The Morgan fingerprint density at radius 1 is 1.02 bits per heavy atom. The molecule has 1 unspecified atom stereocenters. The van der Waals surface area contributed by atoms with E-state index in [4.69, 9.17) is 0 Å². The molecule has 0 radical (unpaired) electrons. The van der Waals surface area contributed by atoms with Gasteiger partial charge in [0.1, 0.15) is 6.04 Å². The predicted octanol–water partition coefficient (Wildman–Crippen LogP) is 4.54. The van der Waals surface area contributed by atoms with Crippen LogP contribution in [0.4, 0.5) is 18.9 Å². The summed E-state index contributed by atoms with van der Waals surface area (Å²) in [5.74, 6) is -5.48. The van der Waals surface area contributed by atoms with Gasteiger partial charge in [0.05, 0.1) is 6.26 Å². The molecule has 2 fully saturated rings. The van der Waals surface area contributed by atoms with Crippen molar-refractivity contribution in [3.8, 4) is 0 Å². The number of aliphatic carboxylic acids is 1. The fraction of sp³-hybridized carbons (Fsp3) is 0.400. The summed E-state index contributed by atoms with van der Waals surface area (Å²) in [6.07, 6.45) is 7.92. The summed E-state index contributed by atoms with van der Waals surface area (Å²) in [6.45, 7) is 1.86. The highest BCUT2D eigenvalue weighted by Gasteiger charge is 2.38. The molecule has 5 rings (SSSR count). The molecule has 3 aromatic rings. The number of fused-ring (bicyclic) bond motifs is 1. The van der Waals surface area contributed by atoms with Crippen LogP contribution >= 0.6 is 0 Å². The van der Waals surface area contributed by atoms with E-state index < -0.39 is 39.5 Å². The smallest absolute Gasteiger partial charge is 0.321 e. The minimum atomic E-state index is -3.41. The minimum absolute atomic E-state index is 0.0210. The third kappa shape index (κ3) is 7.04. The van der Waals surface area contributed by atoms with Gasteiger partial charge in [0.25, 0.3) is 0 Å². The number of carboxylic acid groups (broad SMARTS) is 1. The van der Waals surface area contributed by atoms with Crippen molar-refractivity contribution in [2.75, 3.05) is 37.2 Å². The molecule has 0 saturated carbocycles. The van der Waals surface area contributed by atoms with Gasteiger partial charge in [-0.3, -0.25) is 19.2 Å². The second-order valence-corrected chi connectivity index (χ2v) is 13.0. The lowest BCUT2D eigenvalue weighted by atomic mass is 9.84. The minimum Gasteiger partial charge on any atom is -0.480 e. The van der Waals surface area contributed by atoms with E-state index in [1.165, 1.54) is 12.2 Å². The molecule has 13 heteroatoms. The van der Waals surface area contributed by atoms with E-state index in [-0.39, 0.29) is 23.3 Å². The van der Waals surface area contributed by atoms with Crippen LogP contribution < -0.4 is 4.72 Å². The van der Waals surface area contributed by atoms with Gasteiger partial charge in [-0.15, -0.1) is 0 Å². The standard InChI is InChI=1S/C30H33F3N4O5S/c1-43(41,42)35-21-3-4-26-22(16-21)23(17-34-26)19-6-12-37(13-7-19)29(30(39)40)20-8-10-36(11-9-20)27(38)5-2-18-14-24(31)28(33)25(32)15-18/h2-5,14-17,19-20,29,34-35H,6-13H2,1H3,(H,39,40)/b5-2+. The van der Waals surface area contributed by atoms with Crippen LogP contribution in [0.1, 0.15) is 42.7 Å². The summed E-state index contributed by atoms with van der Waals surface area (Å²) in [7, 11) is -3.41. The molecule has 230 valence electrons. The lowest BCUT2D eigenvalue weighted by Gasteiger charge is -2.41. The van der Waals surface area contributed by atoms with Gasteiger partial charge in [-0.05, 0) is 98.1 Å². The second-order valence-electron chi connectivity index (χ2n) is 11.3. The quantitative estimate of drug-likeness (QED) is 0.252. The molecule has 2 aliphatic rings. The topological polar surface area (TPSA) is 123 Å². The monoisotopic (exact) mass is 618 g/mol. The van der Waals surface area contributed by atoms with Crippen molar-refractivity contribution in [1.82, 2.24) is 14.8 Å². The zero-order valence-corrected chi connectivity index (χ0v) is 24.3. The maximum Gasteiger partial charge on any atom is 0.321 e. The van der Waals surface area contributed by atoms with Crippen molar-refractivity contribution in [2.45, 2.75) is 37.6 Å². The SMILES string of the molecule is CS(=O)(=O)Nc1ccc2[nH]cc(C3CCN(C(C(=O)O)C4CCN(C(=O)/C=C/c5cc(F)c(F)c(F)c5)CC4)CC3)c2c1. The van der Waals surface area contributed by atoms with Crippen molar-refractivity contribution >= 4 is 44.6 Å². The summed E-state index contributed by atoms with van der Waals surface area (Å²) in [6, 6.07) is 6.27. The number of nitrogens with one attached hydrogen (secondary N) is 2. The molecular formula is C30H33F3N4O5S. The van der Waals surface area contributed by atoms with Gasteiger partial charge in [-0.2, -0.15) is 0 Å². The molecule has 2 aromatic carbocycles. The molecule has 2 aliphatic heterocycles. The molecule has 3 N–H and O–H groups in total. The average Bonchev–Trinajstić information content (AvgIpc) is 3.37. The average molecular weight is 619 g/mol. The summed E-state index contributed by atoms with van der Waals surface area (Å²) in [5.41, 5.74) is 2.48. The molecule has 2 saturated heterocycles. The van der Waals surface area contributed by atoms with Crippen LogP contribution in [0.3, 0.4) is 0 Å². The second kappa shape index (κ2) is 12.4. The van der Waals surface area contributed by atoms with E-state index in [2.05, 4.69) is 9.71 Å². The molecule has 9 nitrogen and oxygen atoms in total. The number of rotatable bonds is 8. The van der Waals surface area contributed by atoms with Crippen LogP contribution in [0.2, 0.25) is 0 Å². The number of likely N-dealkylation sites (tertiary alicyclic amines) is 2. The Morgan fingerprint density at radius 2 is 1.67 bits per heavy atom. The van der Waals surface area contributed by atoms with Crippen molar-refractivity contribution < 1.29 is 36.3 Å². The van der Waals surface area contributed by atoms with E-state index in [1.54, 1.807) is 11.0 Å². The number of piperidine rings is 2. The number of aromatic nitrogens is 1. The number of hydrogen-bond donors (Lipinski definition) is 3. The molecule has 43 heavy (non-hydrogen) atoms. The maximum atomic E-state index is 13.5. The third-order valence-corrected chi connectivity index (χ3v) is 8.96. The molecule has 0 bridgehead atoms. The van der Waals surface area contributed by atoms with Gasteiger partial charge in [-0.25, -0.2) is 21.6 Å². The van der Waals surface area contributed by atoms with Gasteiger partial charge in [-0.1, -0.05) is 0 Å². The predicted molar refractivity (Wildman–Crippen MR) is 156 cm³/mol. The number of nitrogens with zero attached hydrogens (tertiary/aromatic N) is 2. The normalized spacial score (nSPS) is 18.4. The number of carbonyl (C=O) groups is 2. The number of halogens is 3. The first kappa shape index (κ1) is 30.6. The fourth-order valence-corrected chi connectivity index (χ4v) is 6.84. The summed E-state index contributed by atoms with van der Waals surface area (Å²) in [4.78, 5) is 31.9. The van der Waals surface area contributed by atoms with Crippen LogP contribution in [0.25, 0.3) is 17.0 Å². The zero-order chi connectivity index (χ0) is 30.9. The number of anilines is 1. The molecule has 1 amide bonds. The van der Waals surface area contributed by atoms with E-state index in [0.717, 1.165) is 47.7 Å². The largest absolute Gasteiger partial charge is 0.480 e. The Balaban J connectivity index is 1.18. The van der Waals surface area contributed by atoms with Gasteiger partial charge >= 0.3 is 5.97 Å². The molecule has 3 heterocycles. The number of amides is 1. The number of carbonyl (C=O) groups excluding carboxylic acids is 1. The van der Waals surface area contributed by atoms with E-state index in [0.29, 0.717) is 44.7 Å². The van der Waals surface area contributed by atoms with Crippen LogP contribution in [-0.2, 0) is 19.6 Å².